The lowest BCUT2D eigenvalue weighted by molar-refractivity contribution is -0.137. The van der Waals surface area contributed by atoms with E-state index < -0.39 is 17.3 Å². The minimum Gasteiger partial charge on any atom is -0.444 e. The number of hydrogen-bond donors (Lipinski definition) is 0. The molecule has 1 amide bonds. The molecule has 1 atom stereocenters. The number of carbonyl (C=O) groups excluding carboxylic acids is 1. The Morgan fingerprint density at radius 3 is 2.15 bits per heavy atom. The van der Waals surface area contributed by atoms with E-state index in [1.165, 1.54) is 12.1 Å². The number of rotatable bonds is 2. The number of ether oxygens (including phenoxy) is 1. The fraction of sp³-hybridized carbons (Fsp3) is 0.550. The predicted octanol–water partition coefficient (Wildman–Crippen LogP) is 4.40. The highest BCUT2D eigenvalue weighted by molar-refractivity contribution is 5.68. The summed E-state index contributed by atoms with van der Waals surface area (Å²) in [6.07, 6.45) is 3.36. The van der Waals surface area contributed by atoms with Crippen LogP contribution in [0.15, 0.2) is 24.3 Å². The van der Waals surface area contributed by atoms with Crippen molar-refractivity contribution in [2.75, 3.05) is 19.6 Å². The van der Waals surface area contributed by atoms with Crippen LogP contribution in [0.5, 0.6) is 0 Å². The molecule has 7 heteroatoms. The minimum atomic E-state index is -4.31. The number of hydrogen-bond acceptors (Lipinski definition) is 3. The van der Waals surface area contributed by atoms with Crippen LogP contribution in [0.25, 0.3) is 0 Å². The molecule has 1 aliphatic heterocycles. The first kappa shape index (κ1) is 22.8. The molecule has 27 heavy (non-hydrogen) atoms. The van der Waals surface area contributed by atoms with Gasteiger partial charge in [0.15, 0.2) is 0 Å². The van der Waals surface area contributed by atoms with Crippen LogP contribution in [0.1, 0.15) is 38.8 Å². The number of terminal acetylenes is 1. The van der Waals surface area contributed by atoms with Gasteiger partial charge in [0.25, 0.3) is 0 Å². The third-order valence-corrected chi connectivity index (χ3v) is 4.08. The molecule has 1 aromatic carbocycles. The smallest absolute Gasteiger partial charge is 0.416 e. The minimum absolute atomic E-state index is 0.101. The first-order valence-electron chi connectivity index (χ1n) is 8.67. The molecule has 0 saturated carbocycles. The van der Waals surface area contributed by atoms with Gasteiger partial charge < -0.3 is 9.64 Å². The lowest BCUT2D eigenvalue weighted by atomic mass is 10.1. The molecule has 0 aromatic heterocycles. The Balaban J connectivity index is 0.00000176. The molecule has 150 valence electrons. The van der Waals surface area contributed by atoms with E-state index in [2.05, 4.69) is 17.7 Å². The molecule has 0 N–H and O–H groups in total. The Morgan fingerprint density at radius 1 is 1.15 bits per heavy atom. The van der Waals surface area contributed by atoms with E-state index in [9.17, 15) is 18.0 Å². The van der Waals surface area contributed by atoms with Gasteiger partial charge in [0, 0.05) is 32.2 Å². The van der Waals surface area contributed by atoms with Crippen molar-refractivity contribution < 1.29 is 22.7 Å². The lowest BCUT2D eigenvalue weighted by Crippen LogP contribution is -2.54. The van der Waals surface area contributed by atoms with Crippen molar-refractivity contribution >= 4 is 6.09 Å². The van der Waals surface area contributed by atoms with Crippen molar-refractivity contribution in [1.82, 2.24) is 9.80 Å². The number of nitrogens with zero attached hydrogens (tertiary/aromatic N) is 2. The predicted molar refractivity (Wildman–Crippen MR) is 99.0 cm³/mol. The fourth-order valence-corrected chi connectivity index (χ4v) is 2.76. The quantitative estimate of drug-likeness (QED) is 0.709. The summed E-state index contributed by atoms with van der Waals surface area (Å²) in [6, 6.07) is 5.34. The zero-order valence-electron chi connectivity index (χ0n) is 16.2. The molecular weight excluding hydrogens is 357 g/mol. The molecule has 0 spiro atoms. The maximum Gasteiger partial charge on any atom is 0.416 e. The van der Waals surface area contributed by atoms with Gasteiger partial charge in [0.1, 0.15) is 5.60 Å². The van der Waals surface area contributed by atoms with Crippen LogP contribution in [0.4, 0.5) is 18.0 Å². The van der Waals surface area contributed by atoms with Crippen molar-refractivity contribution in [3.05, 3.63) is 35.4 Å². The maximum absolute atomic E-state index is 12.6. The lowest BCUT2D eigenvalue weighted by Gasteiger charge is -2.40. The first-order chi connectivity index (χ1) is 12.5. The van der Waals surface area contributed by atoms with Gasteiger partial charge in [-0.15, -0.1) is 12.8 Å². The summed E-state index contributed by atoms with van der Waals surface area (Å²) in [6.45, 7) is 9.78. The largest absolute Gasteiger partial charge is 0.444 e. The van der Waals surface area contributed by atoms with E-state index in [0.717, 1.165) is 17.7 Å². The van der Waals surface area contributed by atoms with Crippen LogP contribution in [-0.2, 0) is 17.5 Å². The second-order valence-corrected chi connectivity index (χ2v) is 7.44. The van der Waals surface area contributed by atoms with Gasteiger partial charge in [0.2, 0.25) is 0 Å². The van der Waals surface area contributed by atoms with Crippen molar-refractivity contribution in [3.63, 3.8) is 0 Å². The van der Waals surface area contributed by atoms with Crippen molar-refractivity contribution in [3.8, 4) is 12.8 Å². The molecule has 1 heterocycles. The summed E-state index contributed by atoms with van der Waals surface area (Å²) in [4.78, 5) is 16.0. The standard InChI is InChI=1S/C18H25F3N2O2.C2H2/c1-13-11-23(16(24)25-17(2,3)4)10-9-22(13)12-14-5-7-15(8-6-14)18(19,20)21;1-2/h5-8,13H,9-12H2,1-4H3;1-2H/t13-;/m0./s1. The molecule has 1 aliphatic rings. The third kappa shape index (κ3) is 7.14. The van der Waals surface area contributed by atoms with E-state index >= 15 is 0 Å². The highest BCUT2D eigenvalue weighted by Gasteiger charge is 2.31. The van der Waals surface area contributed by atoms with Crippen LogP contribution in [0.3, 0.4) is 0 Å². The number of carbonyl (C=O) groups is 1. The van der Waals surface area contributed by atoms with Crippen LogP contribution in [0, 0.1) is 12.8 Å². The molecular formula is C20H27F3N2O2. The SMILES string of the molecule is C#C.C[C@H]1CN(C(=O)OC(C)(C)C)CCN1Cc1ccc(C(F)(F)F)cc1. The Bertz CT molecular complexity index is 633. The van der Waals surface area contributed by atoms with Crippen molar-refractivity contribution in [2.24, 2.45) is 0 Å². The Hall–Kier alpha value is -2.20. The summed E-state index contributed by atoms with van der Waals surface area (Å²) < 4.78 is 43.2. The van der Waals surface area contributed by atoms with Gasteiger partial charge in [0.05, 0.1) is 5.56 Å². The van der Waals surface area contributed by atoms with Crippen LogP contribution < -0.4 is 0 Å². The van der Waals surface area contributed by atoms with Crippen LogP contribution in [-0.4, -0.2) is 47.2 Å². The number of alkyl halides is 3. The first-order valence-corrected chi connectivity index (χ1v) is 8.67. The Labute approximate surface area is 159 Å². The number of benzene rings is 1. The highest BCUT2D eigenvalue weighted by Crippen LogP contribution is 2.29. The van der Waals surface area contributed by atoms with Gasteiger partial charge in [-0.3, -0.25) is 4.90 Å². The molecule has 0 unspecified atom stereocenters. The number of amides is 1. The number of halogens is 3. The Kier molecular flexibility index (Phi) is 7.73. The molecule has 1 aromatic rings. The van der Waals surface area contributed by atoms with Gasteiger partial charge in [-0.1, -0.05) is 12.1 Å². The molecule has 1 saturated heterocycles. The fourth-order valence-electron chi connectivity index (χ4n) is 2.76. The summed E-state index contributed by atoms with van der Waals surface area (Å²) >= 11 is 0. The monoisotopic (exact) mass is 384 g/mol. The highest BCUT2D eigenvalue weighted by atomic mass is 19.4. The molecule has 1 fully saturated rings. The average Bonchev–Trinajstić information content (AvgIpc) is 2.56. The molecule has 0 radical (unpaired) electrons. The molecule has 2 rings (SSSR count). The third-order valence-electron chi connectivity index (χ3n) is 4.08. The Morgan fingerprint density at radius 2 is 1.70 bits per heavy atom. The van der Waals surface area contributed by atoms with E-state index in [-0.39, 0.29) is 12.1 Å². The topological polar surface area (TPSA) is 32.8 Å². The van der Waals surface area contributed by atoms with Crippen LogP contribution in [0.2, 0.25) is 0 Å². The van der Waals surface area contributed by atoms with E-state index in [1.54, 1.807) is 4.90 Å². The molecule has 0 aliphatic carbocycles. The summed E-state index contributed by atoms with van der Waals surface area (Å²) in [5, 5.41) is 0. The second-order valence-electron chi connectivity index (χ2n) is 7.44. The zero-order valence-corrected chi connectivity index (χ0v) is 16.2. The van der Waals surface area contributed by atoms with Crippen molar-refractivity contribution in [1.29, 1.82) is 0 Å². The summed E-state index contributed by atoms with van der Waals surface area (Å²) in [7, 11) is 0. The molecule has 0 bridgehead atoms. The number of piperazine rings is 1. The second kappa shape index (κ2) is 9.14. The van der Waals surface area contributed by atoms with Gasteiger partial charge >= 0.3 is 12.3 Å². The maximum atomic E-state index is 12.6. The van der Waals surface area contributed by atoms with Gasteiger partial charge in [-0.25, -0.2) is 4.79 Å². The normalized spacial score (nSPS) is 18.4. The summed E-state index contributed by atoms with van der Waals surface area (Å²) in [5.74, 6) is 0. The van der Waals surface area contributed by atoms with Gasteiger partial charge in [-0.05, 0) is 45.4 Å². The van der Waals surface area contributed by atoms with Crippen molar-refractivity contribution in [2.45, 2.75) is 52.1 Å². The summed E-state index contributed by atoms with van der Waals surface area (Å²) in [5.41, 5.74) is -0.345. The average molecular weight is 384 g/mol. The van der Waals surface area contributed by atoms with E-state index in [4.69, 9.17) is 4.74 Å². The van der Waals surface area contributed by atoms with E-state index in [0.29, 0.717) is 26.2 Å². The zero-order chi connectivity index (χ0) is 20.8. The van der Waals surface area contributed by atoms with E-state index in [1.807, 2.05) is 27.7 Å². The molecule has 4 nitrogen and oxygen atoms in total. The van der Waals surface area contributed by atoms with Gasteiger partial charge in [-0.2, -0.15) is 13.2 Å². The van der Waals surface area contributed by atoms with Crippen LogP contribution >= 0.6 is 0 Å².